The number of aromatic nitrogens is 3. The van der Waals surface area contributed by atoms with Crippen molar-refractivity contribution in [3.8, 4) is 0 Å². The lowest BCUT2D eigenvalue weighted by Gasteiger charge is -2.13. The van der Waals surface area contributed by atoms with Crippen molar-refractivity contribution in [3.05, 3.63) is 53.6 Å². The average Bonchev–Trinajstić information content (AvgIpc) is 3.24. The molecule has 0 atom stereocenters. The molecule has 3 heterocycles. The van der Waals surface area contributed by atoms with Crippen molar-refractivity contribution in [1.29, 1.82) is 0 Å². The fraction of sp³-hybridized carbons (Fsp3) is 0.450. The maximum atomic E-state index is 5.82. The van der Waals surface area contributed by atoms with Crippen LogP contribution < -0.4 is 10.6 Å². The molecule has 7 heteroatoms. The molecule has 3 aromatic heterocycles. The minimum atomic E-state index is -0.0505. The molecular weight excluding hydrogens is 340 g/mol. The van der Waals surface area contributed by atoms with E-state index in [1.54, 1.807) is 6.20 Å². The number of oxazole rings is 1. The normalized spacial score (nSPS) is 12.6. The Morgan fingerprint density at radius 2 is 2.07 bits per heavy atom. The van der Waals surface area contributed by atoms with Gasteiger partial charge in [-0.2, -0.15) is 0 Å². The molecule has 0 aliphatic rings. The maximum absolute atomic E-state index is 5.82. The van der Waals surface area contributed by atoms with Gasteiger partial charge in [0.25, 0.3) is 0 Å². The highest BCUT2D eigenvalue weighted by Crippen LogP contribution is 2.22. The lowest BCUT2D eigenvalue weighted by molar-refractivity contribution is 0.379. The second-order valence-corrected chi connectivity index (χ2v) is 7.54. The molecule has 0 aliphatic heterocycles. The molecule has 0 aromatic carbocycles. The van der Waals surface area contributed by atoms with Crippen molar-refractivity contribution >= 4 is 11.6 Å². The first-order valence-corrected chi connectivity index (χ1v) is 9.28. The molecule has 0 spiro atoms. The van der Waals surface area contributed by atoms with Gasteiger partial charge in [-0.1, -0.05) is 26.8 Å². The SMILES string of the molecule is CCNC(=NCc1cn2c(C)cccc2n1)NCc1ncc(C(C)(C)C)o1. The Kier molecular flexibility index (Phi) is 5.48. The summed E-state index contributed by atoms with van der Waals surface area (Å²) in [6, 6.07) is 6.08. The number of hydrogen-bond acceptors (Lipinski definition) is 4. The molecule has 27 heavy (non-hydrogen) atoms. The van der Waals surface area contributed by atoms with Crippen LogP contribution in [0.5, 0.6) is 0 Å². The Morgan fingerprint density at radius 3 is 2.74 bits per heavy atom. The van der Waals surface area contributed by atoms with E-state index in [4.69, 9.17) is 4.42 Å². The van der Waals surface area contributed by atoms with Crippen molar-refractivity contribution < 1.29 is 4.42 Å². The molecule has 0 saturated heterocycles. The number of imidazole rings is 1. The van der Waals surface area contributed by atoms with Crippen LogP contribution >= 0.6 is 0 Å². The van der Waals surface area contributed by atoms with E-state index in [2.05, 4.69) is 63.8 Å². The van der Waals surface area contributed by atoms with E-state index in [9.17, 15) is 0 Å². The van der Waals surface area contributed by atoms with Gasteiger partial charge in [0.1, 0.15) is 11.4 Å². The lowest BCUT2D eigenvalue weighted by atomic mass is 9.94. The van der Waals surface area contributed by atoms with Crippen molar-refractivity contribution in [3.63, 3.8) is 0 Å². The van der Waals surface area contributed by atoms with Gasteiger partial charge in [-0.05, 0) is 26.0 Å². The fourth-order valence-corrected chi connectivity index (χ4v) is 2.67. The van der Waals surface area contributed by atoms with E-state index >= 15 is 0 Å². The molecule has 0 saturated carbocycles. The summed E-state index contributed by atoms with van der Waals surface area (Å²) in [7, 11) is 0. The second kappa shape index (κ2) is 7.82. The molecule has 2 N–H and O–H groups in total. The molecule has 0 unspecified atom stereocenters. The van der Waals surface area contributed by atoms with Crippen LogP contribution in [-0.2, 0) is 18.5 Å². The zero-order valence-electron chi connectivity index (χ0n) is 16.7. The van der Waals surface area contributed by atoms with Crippen molar-refractivity contribution in [2.75, 3.05) is 6.54 Å². The van der Waals surface area contributed by atoms with Crippen LogP contribution in [0.15, 0.2) is 40.0 Å². The van der Waals surface area contributed by atoms with Gasteiger partial charge in [0.05, 0.1) is 25.0 Å². The lowest BCUT2D eigenvalue weighted by Crippen LogP contribution is -2.36. The third-order valence-electron chi connectivity index (χ3n) is 4.19. The summed E-state index contributed by atoms with van der Waals surface area (Å²) in [5.74, 6) is 2.23. The first-order chi connectivity index (χ1) is 12.9. The summed E-state index contributed by atoms with van der Waals surface area (Å²) in [6.07, 6.45) is 3.82. The average molecular weight is 368 g/mol. The van der Waals surface area contributed by atoms with Crippen molar-refractivity contribution in [2.45, 2.75) is 53.1 Å². The van der Waals surface area contributed by atoms with Gasteiger partial charge in [-0.15, -0.1) is 0 Å². The number of pyridine rings is 1. The van der Waals surface area contributed by atoms with E-state index in [1.165, 1.54) is 0 Å². The number of nitrogens with one attached hydrogen (secondary N) is 2. The second-order valence-electron chi connectivity index (χ2n) is 7.54. The van der Waals surface area contributed by atoms with Crippen molar-refractivity contribution in [2.24, 2.45) is 4.99 Å². The molecule has 7 nitrogen and oxygen atoms in total. The van der Waals surface area contributed by atoms with Crippen LogP contribution in [0.4, 0.5) is 0 Å². The zero-order valence-corrected chi connectivity index (χ0v) is 16.7. The minimum Gasteiger partial charge on any atom is -0.443 e. The standard InChI is InChI=1S/C20H28N6O/c1-6-21-19(24-12-18-22-11-16(27-18)20(3,4)5)23-10-15-13-26-14(2)8-7-9-17(26)25-15/h7-9,11,13H,6,10,12H2,1-5H3,(H2,21,23,24). The number of aliphatic imine (C=N–C) groups is 1. The van der Waals surface area contributed by atoms with E-state index in [-0.39, 0.29) is 5.41 Å². The summed E-state index contributed by atoms with van der Waals surface area (Å²) < 4.78 is 7.90. The highest BCUT2D eigenvalue weighted by atomic mass is 16.4. The van der Waals surface area contributed by atoms with Crippen LogP contribution in [0.1, 0.15) is 50.7 Å². The molecule has 0 amide bonds. The van der Waals surface area contributed by atoms with Crippen LogP contribution in [0.3, 0.4) is 0 Å². The predicted octanol–water partition coefficient (Wildman–Crippen LogP) is 3.18. The largest absolute Gasteiger partial charge is 0.443 e. The molecule has 144 valence electrons. The number of nitrogens with zero attached hydrogens (tertiary/aromatic N) is 4. The number of guanidine groups is 1. The summed E-state index contributed by atoms with van der Waals surface area (Å²) >= 11 is 0. The van der Waals surface area contributed by atoms with Gasteiger partial charge in [0.2, 0.25) is 5.89 Å². The van der Waals surface area contributed by atoms with Gasteiger partial charge in [0.15, 0.2) is 5.96 Å². The smallest absolute Gasteiger partial charge is 0.213 e. The Bertz CT molecular complexity index is 931. The number of hydrogen-bond donors (Lipinski definition) is 2. The maximum Gasteiger partial charge on any atom is 0.213 e. The summed E-state index contributed by atoms with van der Waals surface area (Å²) in [6.45, 7) is 12.2. The van der Waals surface area contributed by atoms with E-state index in [1.807, 2.05) is 25.3 Å². The first-order valence-electron chi connectivity index (χ1n) is 9.28. The van der Waals surface area contributed by atoms with Crippen LogP contribution in [0.25, 0.3) is 5.65 Å². The van der Waals surface area contributed by atoms with Crippen LogP contribution in [0.2, 0.25) is 0 Å². The monoisotopic (exact) mass is 368 g/mol. The Labute approximate surface area is 159 Å². The van der Waals surface area contributed by atoms with E-state index in [0.717, 1.165) is 29.3 Å². The van der Waals surface area contributed by atoms with E-state index in [0.29, 0.717) is 24.9 Å². The topological polar surface area (TPSA) is 79.8 Å². The zero-order chi connectivity index (χ0) is 19.4. The van der Waals surface area contributed by atoms with Gasteiger partial charge < -0.3 is 19.5 Å². The third-order valence-corrected chi connectivity index (χ3v) is 4.19. The molecule has 0 fully saturated rings. The number of fused-ring (bicyclic) bond motifs is 1. The van der Waals surface area contributed by atoms with E-state index < -0.39 is 0 Å². The minimum absolute atomic E-state index is 0.0505. The molecule has 0 radical (unpaired) electrons. The summed E-state index contributed by atoms with van der Waals surface area (Å²) in [5, 5.41) is 6.51. The van der Waals surface area contributed by atoms with Crippen molar-refractivity contribution in [1.82, 2.24) is 25.0 Å². The van der Waals surface area contributed by atoms with Gasteiger partial charge in [-0.3, -0.25) is 0 Å². The van der Waals surface area contributed by atoms with Crippen LogP contribution in [-0.4, -0.2) is 26.9 Å². The Hall–Kier alpha value is -2.83. The third kappa shape index (κ3) is 4.67. The Balaban J connectivity index is 1.67. The number of rotatable bonds is 5. The molecule has 0 bridgehead atoms. The first kappa shape index (κ1) is 18.9. The highest BCUT2D eigenvalue weighted by Gasteiger charge is 2.19. The number of aryl methyl sites for hydroxylation is 1. The summed E-state index contributed by atoms with van der Waals surface area (Å²) in [4.78, 5) is 13.6. The highest BCUT2D eigenvalue weighted by molar-refractivity contribution is 5.79. The molecule has 3 aromatic rings. The van der Waals surface area contributed by atoms with Gasteiger partial charge in [0, 0.05) is 23.9 Å². The molecule has 3 rings (SSSR count). The fourth-order valence-electron chi connectivity index (χ4n) is 2.67. The van der Waals surface area contributed by atoms with Gasteiger partial charge in [-0.25, -0.2) is 15.0 Å². The molecule has 0 aliphatic carbocycles. The van der Waals surface area contributed by atoms with Crippen LogP contribution in [0, 0.1) is 6.92 Å². The summed E-state index contributed by atoms with van der Waals surface area (Å²) in [5.41, 5.74) is 2.96. The predicted molar refractivity (Wildman–Crippen MR) is 107 cm³/mol. The molecular formula is C20H28N6O. The Morgan fingerprint density at radius 1 is 1.26 bits per heavy atom. The van der Waals surface area contributed by atoms with Gasteiger partial charge >= 0.3 is 0 Å². The quantitative estimate of drug-likeness (QED) is 0.534.